The van der Waals surface area contributed by atoms with Crippen LogP contribution in [0.15, 0.2) is 23.4 Å². The minimum atomic E-state index is 0.468. The Balaban J connectivity index is 2.57. The van der Waals surface area contributed by atoms with Gasteiger partial charge in [-0.15, -0.1) is 0 Å². The smallest absolute Gasteiger partial charge is 0.161 e. The van der Waals surface area contributed by atoms with Gasteiger partial charge in [0.15, 0.2) is 11.5 Å². The Kier molecular flexibility index (Phi) is 6.87. The summed E-state index contributed by atoms with van der Waals surface area (Å²) in [6, 6.07) is 5.40. The van der Waals surface area contributed by atoms with Crippen LogP contribution >= 0.6 is 0 Å². The van der Waals surface area contributed by atoms with Crippen molar-refractivity contribution in [1.82, 2.24) is 0 Å². The molecule has 0 aliphatic heterocycles. The average molecular weight is 281 g/mol. The molecule has 0 saturated carbocycles. The van der Waals surface area contributed by atoms with E-state index in [4.69, 9.17) is 19.4 Å². The highest BCUT2D eigenvalue weighted by atomic mass is 16.5. The summed E-state index contributed by atoms with van der Waals surface area (Å²) in [5.41, 5.74) is 1.31. The third kappa shape index (κ3) is 5.09. The molecule has 1 aromatic rings. The van der Waals surface area contributed by atoms with E-state index in [0.717, 1.165) is 12.2 Å². The molecule has 1 aromatic carbocycles. The average Bonchev–Trinajstić information content (AvgIpc) is 2.45. The van der Waals surface area contributed by atoms with E-state index >= 15 is 0 Å². The molecule has 5 heteroatoms. The number of hydrogen-bond acceptors (Lipinski definition) is 5. The molecule has 0 aromatic heterocycles. The highest BCUT2D eigenvalue weighted by molar-refractivity contribution is 5.98. The van der Waals surface area contributed by atoms with Crippen LogP contribution in [0.5, 0.6) is 11.5 Å². The highest BCUT2D eigenvalue weighted by Crippen LogP contribution is 2.28. The van der Waals surface area contributed by atoms with Gasteiger partial charge in [-0.2, -0.15) is 0 Å². The van der Waals surface area contributed by atoms with Gasteiger partial charge in [-0.25, -0.2) is 0 Å². The molecule has 0 heterocycles. The summed E-state index contributed by atoms with van der Waals surface area (Å²) in [4.78, 5) is 0. The fourth-order valence-corrected chi connectivity index (χ4v) is 1.60. The van der Waals surface area contributed by atoms with Crippen LogP contribution in [0.4, 0.5) is 0 Å². The summed E-state index contributed by atoms with van der Waals surface area (Å²) in [6.07, 6.45) is 0. The topological polar surface area (TPSA) is 60.3 Å². The molecular formula is C15H23NO4. The quantitative estimate of drug-likeness (QED) is 0.344. The van der Waals surface area contributed by atoms with Crippen molar-refractivity contribution in [2.45, 2.75) is 20.8 Å². The standard InChI is InChI=1S/C15H23NO4/c1-11(2)10-19-7-8-20-14-6-5-13(12(3)16-17)9-15(14)18-4/h5-6,9,11,17H,7-8,10H2,1-4H3/b16-12+. The first-order valence-corrected chi connectivity index (χ1v) is 6.66. The predicted molar refractivity (Wildman–Crippen MR) is 78.1 cm³/mol. The Hall–Kier alpha value is -1.75. The fourth-order valence-electron chi connectivity index (χ4n) is 1.60. The lowest BCUT2D eigenvalue weighted by Gasteiger charge is -2.12. The van der Waals surface area contributed by atoms with Crippen LogP contribution in [-0.2, 0) is 4.74 Å². The van der Waals surface area contributed by atoms with Gasteiger partial charge in [-0.1, -0.05) is 19.0 Å². The minimum absolute atomic E-state index is 0.468. The number of benzene rings is 1. The molecule has 0 fully saturated rings. The summed E-state index contributed by atoms with van der Waals surface area (Å²) < 4.78 is 16.4. The molecular weight excluding hydrogens is 258 g/mol. The molecule has 0 amide bonds. The number of ether oxygens (including phenoxy) is 3. The van der Waals surface area contributed by atoms with Gasteiger partial charge >= 0.3 is 0 Å². The maximum absolute atomic E-state index is 8.77. The van der Waals surface area contributed by atoms with E-state index in [1.807, 2.05) is 6.07 Å². The van der Waals surface area contributed by atoms with Gasteiger partial charge in [-0.3, -0.25) is 0 Å². The molecule has 0 aliphatic carbocycles. The normalized spacial score (nSPS) is 11.8. The zero-order valence-corrected chi connectivity index (χ0v) is 12.5. The van der Waals surface area contributed by atoms with Crippen molar-refractivity contribution in [1.29, 1.82) is 0 Å². The lowest BCUT2D eigenvalue weighted by Crippen LogP contribution is -2.10. The Morgan fingerprint density at radius 2 is 2.00 bits per heavy atom. The largest absolute Gasteiger partial charge is 0.493 e. The summed E-state index contributed by atoms with van der Waals surface area (Å²) in [5, 5.41) is 11.9. The highest BCUT2D eigenvalue weighted by Gasteiger charge is 2.07. The van der Waals surface area contributed by atoms with Crippen LogP contribution in [-0.4, -0.2) is 37.8 Å². The maximum Gasteiger partial charge on any atom is 0.161 e. The van der Waals surface area contributed by atoms with Gasteiger partial charge in [0, 0.05) is 12.2 Å². The molecule has 0 spiro atoms. The van der Waals surface area contributed by atoms with Crippen LogP contribution in [0.1, 0.15) is 26.3 Å². The Bertz CT molecular complexity index is 443. The van der Waals surface area contributed by atoms with E-state index < -0.39 is 0 Å². The number of methoxy groups -OCH3 is 1. The molecule has 1 N–H and O–H groups in total. The van der Waals surface area contributed by atoms with Crippen molar-refractivity contribution >= 4 is 5.71 Å². The van der Waals surface area contributed by atoms with E-state index in [1.165, 1.54) is 0 Å². The van der Waals surface area contributed by atoms with Crippen molar-refractivity contribution in [3.8, 4) is 11.5 Å². The molecule has 0 aliphatic rings. The first-order chi connectivity index (χ1) is 9.58. The molecule has 1 rings (SSSR count). The second-order valence-electron chi connectivity index (χ2n) is 4.87. The second-order valence-corrected chi connectivity index (χ2v) is 4.87. The summed E-state index contributed by atoms with van der Waals surface area (Å²) in [6.45, 7) is 7.66. The Morgan fingerprint density at radius 3 is 2.60 bits per heavy atom. The lowest BCUT2D eigenvalue weighted by molar-refractivity contribution is 0.0811. The van der Waals surface area contributed by atoms with Crippen molar-refractivity contribution in [2.75, 3.05) is 26.9 Å². The summed E-state index contributed by atoms with van der Waals surface area (Å²) in [7, 11) is 1.58. The predicted octanol–water partition coefficient (Wildman–Crippen LogP) is 2.94. The van der Waals surface area contributed by atoms with E-state index in [-0.39, 0.29) is 0 Å². The van der Waals surface area contributed by atoms with Crippen LogP contribution in [0.2, 0.25) is 0 Å². The number of nitrogens with zero attached hydrogens (tertiary/aromatic N) is 1. The van der Waals surface area contributed by atoms with Crippen molar-refractivity contribution in [3.63, 3.8) is 0 Å². The number of hydrogen-bond donors (Lipinski definition) is 1. The fraction of sp³-hybridized carbons (Fsp3) is 0.533. The van der Waals surface area contributed by atoms with E-state index in [1.54, 1.807) is 26.2 Å². The van der Waals surface area contributed by atoms with Gasteiger partial charge in [0.25, 0.3) is 0 Å². The molecule has 0 bridgehead atoms. The maximum atomic E-state index is 8.77. The van der Waals surface area contributed by atoms with Gasteiger partial charge in [0.1, 0.15) is 6.61 Å². The van der Waals surface area contributed by atoms with Gasteiger partial charge < -0.3 is 19.4 Å². The van der Waals surface area contributed by atoms with Crippen LogP contribution < -0.4 is 9.47 Å². The molecule has 20 heavy (non-hydrogen) atoms. The van der Waals surface area contributed by atoms with Crippen LogP contribution in [0.3, 0.4) is 0 Å². The first-order valence-electron chi connectivity index (χ1n) is 6.66. The van der Waals surface area contributed by atoms with E-state index in [2.05, 4.69) is 19.0 Å². The van der Waals surface area contributed by atoms with Gasteiger partial charge in [0.2, 0.25) is 0 Å². The van der Waals surface area contributed by atoms with E-state index in [9.17, 15) is 0 Å². The molecule has 0 atom stereocenters. The minimum Gasteiger partial charge on any atom is -0.493 e. The molecule has 0 radical (unpaired) electrons. The van der Waals surface area contributed by atoms with Crippen LogP contribution in [0.25, 0.3) is 0 Å². The molecule has 0 unspecified atom stereocenters. The SMILES string of the molecule is COc1cc(/C(C)=N/O)ccc1OCCOCC(C)C. The van der Waals surface area contributed by atoms with Gasteiger partial charge in [-0.05, 0) is 31.0 Å². The van der Waals surface area contributed by atoms with Gasteiger partial charge in [0.05, 0.1) is 19.4 Å². The lowest BCUT2D eigenvalue weighted by atomic mass is 10.1. The second kappa shape index (κ2) is 8.43. The summed E-state index contributed by atoms with van der Waals surface area (Å²) in [5.74, 6) is 1.77. The Morgan fingerprint density at radius 1 is 1.25 bits per heavy atom. The Labute approximate surface area is 120 Å². The summed E-state index contributed by atoms with van der Waals surface area (Å²) >= 11 is 0. The van der Waals surface area contributed by atoms with E-state index in [0.29, 0.717) is 36.3 Å². The number of oxime groups is 1. The zero-order valence-electron chi connectivity index (χ0n) is 12.5. The third-order valence-electron chi connectivity index (χ3n) is 2.67. The van der Waals surface area contributed by atoms with Crippen molar-refractivity contribution < 1.29 is 19.4 Å². The molecule has 112 valence electrons. The van der Waals surface area contributed by atoms with Crippen molar-refractivity contribution in [2.24, 2.45) is 11.1 Å². The van der Waals surface area contributed by atoms with Crippen LogP contribution in [0, 0.1) is 5.92 Å². The monoisotopic (exact) mass is 281 g/mol. The molecule has 5 nitrogen and oxygen atoms in total. The van der Waals surface area contributed by atoms with Crippen molar-refractivity contribution in [3.05, 3.63) is 23.8 Å². The third-order valence-corrected chi connectivity index (χ3v) is 2.67. The molecule has 0 saturated heterocycles. The number of rotatable bonds is 8. The first kappa shape index (κ1) is 16.3. The zero-order chi connectivity index (χ0) is 15.0.